The van der Waals surface area contributed by atoms with Crippen molar-refractivity contribution >= 4 is 5.97 Å². The van der Waals surface area contributed by atoms with Gasteiger partial charge in [0.15, 0.2) is 12.0 Å². The molecule has 9 nitrogen and oxygen atoms in total. The van der Waals surface area contributed by atoms with Gasteiger partial charge in [-0.15, -0.1) is 5.10 Å². The van der Waals surface area contributed by atoms with Gasteiger partial charge in [0.1, 0.15) is 0 Å². The lowest BCUT2D eigenvalue weighted by atomic mass is 10.1. The average molecular weight is 250 g/mol. The molecule has 2 aromatic rings. The van der Waals surface area contributed by atoms with Crippen LogP contribution in [0.4, 0.5) is 0 Å². The molecule has 18 heavy (non-hydrogen) atoms. The lowest BCUT2D eigenvalue weighted by Gasteiger charge is -2.37. The van der Waals surface area contributed by atoms with Crippen LogP contribution in [-0.4, -0.2) is 54.2 Å². The summed E-state index contributed by atoms with van der Waals surface area (Å²) < 4.78 is 6.48. The van der Waals surface area contributed by atoms with Gasteiger partial charge in [-0.1, -0.05) is 10.4 Å². The van der Waals surface area contributed by atoms with Gasteiger partial charge in [-0.3, -0.25) is 4.90 Å². The summed E-state index contributed by atoms with van der Waals surface area (Å²) in [5.41, 5.74) is -0.0367. The predicted molar refractivity (Wildman–Crippen MR) is 55.6 cm³/mol. The highest BCUT2D eigenvalue weighted by Crippen LogP contribution is 2.21. The maximum Gasteiger partial charge on any atom is 0.358 e. The third kappa shape index (κ3) is 1.95. The van der Waals surface area contributed by atoms with Crippen molar-refractivity contribution in [2.45, 2.75) is 12.6 Å². The highest BCUT2D eigenvalue weighted by molar-refractivity contribution is 5.84. The molecular formula is C9H10N6O3. The van der Waals surface area contributed by atoms with Crippen molar-refractivity contribution in [1.82, 2.24) is 30.0 Å². The Balaban J connectivity index is 1.56. The van der Waals surface area contributed by atoms with E-state index in [1.54, 1.807) is 4.68 Å². The maximum atomic E-state index is 10.7. The molecule has 3 heterocycles. The standard InChI is InChI=1S/C9H10N6O3/c16-9(17)7-3-15(13-12-7)6-1-14(2-6)4-8-10-5-11-18-8/h3,5-6H,1-2,4H2,(H,16,17). The molecule has 1 aliphatic heterocycles. The Kier molecular flexibility index (Phi) is 2.52. The summed E-state index contributed by atoms with van der Waals surface area (Å²) in [6.07, 6.45) is 2.81. The van der Waals surface area contributed by atoms with E-state index in [1.807, 2.05) is 0 Å². The molecule has 0 saturated carbocycles. The molecule has 1 saturated heterocycles. The minimum atomic E-state index is -1.07. The second kappa shape index (κ2) is 4.18. The summed E-state index contributed by atoms with van der Waals surface area (Å²) >= 11 is 0. The summed E-state index contributed by atoms with van der Waals surface area (Å²) in [6.45, 7) is 2.10. The number of hydrogen-bond donors (Lipinski definition) is 1. The highest BCUT2D eigenvalue weighted by Gasteiger charge is 2.30. The fourth-order valence-corrected chi connectivity index (χ4v) is 1.85. The van der Waals surface area contributed by atoms with Gasteiger partial charge < -0.3 is 9.63 Å². The number of rotatable bonds is 4. The SMILES string of the molecule is O=C(O)c1cn(C2CN(Cc3ncno3)C2)nn1. The molecule has 0 spiro atoms. The van der Waals surface area contributed by atoms with Crippen LogP contribution in [0.25, 0.3) is 0 Å². The summed E-state index contributed by atoms with van der Waals surface area (Å²) in [5, 5.41) is 19.6. The van der Waals surface area contributed by atoms with Crippen LogP contribution < -0.4 is 0 Å². The van der Waals surface area contributed by atoms with Crippen LogP contribution in [-0.2, 0) is 6.54 Å². The third-order valence-corrected chi connectivity index (χ3v) is 2.81. The zero-order chi connectivity index (χ0) is 12.5. The van der Waals surface area contributed by atoms with Crippen molar-refractivity contribution in [2.24, 2.45) is 0 Å². The minimum absolute atomic E-state index is 0.0367. The molecule has 0 aromatic carbocycles. The molecule has 1 aliphatic rings. The Morgan fingerprint density at radius 2 is 2.39 bits per heavy atom. The molecule has 0 unspecified atom stereocenters. The van der Waals surface area contributed by atoms with E-state index in [9.17, 15) is 4.79 Å². The van der Waals surface area contributed by atoms with E-state index < -0.39 is 5.97 Å². The van der Waals surface area contributed by atoms with Gasteiger partial charge in [0.05, 0.1) is 18.8 Å². The van der Waals surface area contributed by atoms with Gasteiger partial charge in [-0.25, -0.2) is 9.48 Å². The number of carboxylic acid groups (broad SMARTS) is 1. The van der Waals surface area contributed by atoms with Crippen LogP contribution in [0.1, 0.15) is 22.4 Å². The average Bonchev–Trinajstić information content (AvgIpc) is 2.94. The Labute approximate surface area is 101 Å². The highest BCUT2D eigenvalue weighted by atomic mass is 16.5. The molecule has 1 fully saturated rings. The monoisotopic (exact) mass is 250 g/mol. The number of carboxylic acids is 1. The summed E-state index contributed by atoms with van der Waals surface area (Å²) in [7, 11) is 0. The van der Waals surface area contributed by atoms with E-state index in [1.165, 1.54) is 12.5 Å². The quantitative estimate of drug-likeness (QED) is 0.767. The number of nitrogens with zero attached hydrogens (tertiary/aromatic N) is 6. The van der Waals surface area contributed by atoms with E-state index in [-0.39, 0.29) is 11.7 Å². The molecule has 94 valence electrons. The second-order valence-corrected chi connectivity index (χ2v) is 4.07. The molecule has 1 N–H and O–H groups in total. The van der Waals surface area contributed by atoms with E-state index >= 15 is 0 Å². The van der Waals surface area contributed by atoms with Crippen LogP contribution in [0.5, 0.6) is 0 Å². The number of aromatic nitrogens is 5. The normalized spacial score (nSPS) is 16.7. The van der Waals surface area contributed by atoms with Crippen LogP contribution in [0.15, 0.2) is 17.0 Å². The molecule has 0 bridgehead atoms. The van der Waals surface area contributed by atoms with Crippen LogP contribution >= 0.6 is 0 Å². The van der Waals surface area contributed by atoms with Gasteiger partial charge >= 0.3 is 5.97 Å². The molecule has 9 heteroatoms. The lowest BCUT2D eigenvalue weighted by Crippen LogP contribution is -2.47. The topological polar surface area (TPSA) is 110 Å². The Bertz CT molecular complexity index is 544. The van der Waals surface area contributed by atoms with Crippen molar-refractivity contribution in [3.05, 3.63) is 24.1 Å². The summed E-state index contributed by atoms with van der Waals surface area (Å²) in [4.78, 5) is 16.7. The first-order valence-electron chi connectivity index (χ1n) is 5.35. The van der Waals surface area contributed by atoms with Crippen LogP contribution in [0, 0.1) is 0 Å². The summed E-state index contributed by atoms with van der Waals surface area (Å²) in [5.74, 6) is -0.499. The van der Waals surface area contributed by atoms with E-state index in [4.69, 9.17) is 9.63 Å². The molecule has 2 aromatic heterocycles. The Morgan fingerprint density at radius 1 is 1.56 bits per heavy atom. The number of aromatic carboxylic acids is 1. The Hall–Kier alpha value is -2.29. The zero-order valence-electron chi connectivity index (χ0n) is 9.30. The van der Waals surface area contributed by atoms with Gasteiger partial charge in [0, 0.05) is 13.1 Å². The molecule has 0 radical (unpaired) electrons. The second-order valence-electron chi connectivity index (χ2n) is 4.07. The van der Waals surface area contributed by atoms with Crippen molar-refractivity contribution < 1.29 is 14.4 Å². The van der Waals surface area contributed by atoms with E-state index in [0.29, 0.717) is 12.4 Å². The van der Waals surface area contributed by atoms with Gasteiger partial charge in [0.2, 0.25) is 5.89 Å². The number of likely N-dealkylation sites (tertiary alicyclic amines) is 1. The van der Waals surface area contributed by atoms with E-state index in [0.717, 1.165) is 13.1 Å². The maximum absolute atomic E-state index is 10.7. The molecule has 0 amide bonds. The smallest absolute Gasteiger partial charge is 0.358 e. The largest absolute Gasteiger partial charge is 0.476 e. The molecule has 0 atom stereocenters. The Morgan fingerprint density at radius 3 is 3.00 bits per heavy atom. The van der Waals surface area contributed by atoms with Gasteiger partial charge in [-0.2, -0.15) is 4.98 Å². The first kappa shape index (κ1) is 10.8. The first-order chi connectivity index (χ1) is 8.72. The van der Waals surface area contributed by atoms with Crippen molar-refractivity contribution in [1.29, 1.82) is 0 Å². The van der Waals surface area contributed by atoms with Crippen LogP contribution in [0.3, 0.4) is 0 Å². The lowest BCUT2D eigenvalue weighted by molar-refractivity contribution is 0.0689. The summed E-state index contributed by atoms with van der Waals surface area (Å²) in [6, 6.07) is 0.147. The fourth-order valence-electron chi connectivity index (χ4n) is 1.85. The predicted octanol–water partition coefficient (Wildman–Crippen LogP) is -0.584. The fraction of sp³-hybridized carbons (Fsp3) is 0.444. The van der Waals surface area contributed by atoms with Crippen molar-refractivity contribution in [3.8, 4) is 0 Å². The van der Waals surface area contributed by atoms with Gasteiger partial charge in [0.25, 0.3) is 0 Å². The first-order valence-corrected chi connectivity index (χ1v) is 5.35. The number of hydrogen-bond acceptors (Lipinski definition) is 7. The zero-order valence-corrected chi connectivity index (χ0v) is 9.30. The third-order valence-electron chi connectivity index (χ3n) is 2.81. The number of carbonyl (C=O) groups is 1. The molecule has 0 aliphatic carbocycles. The van der Waals surface area contributed by atoms with Crippen LogP contribution in [0.2, 0.25) is 0 Å². The van der Waals surface area contributed by atoms with Crippen molar-refractivity contribution in [2.75, 3.05) is 13.1 Å². The molecule has 3 rings (SSSR count). The van der Waals surface area contributed by atoms with Gasteiger partial charge in [-0.05, 0) is 0 Å². The molecular weight excluding hydrogens is 240 g/mol. The van der Waals surface area contributed by atoms with Crippen molar-refractivity contribution in [3.63, 3.8) is 0 Å². The van der Waals surface area contributed by atoms with E-state index in [2.05, 4.69) is 25.4 Å². The minimum Gasteiger partial charge on any atom is -0.476 e.